The van der Waals surface area contributed by atoms with Crippen LogP contribution < -0.4 is 11.4 Å². The molecule has 1 unspecified atom stereocenters. The van der Waals surface area contributed by atoms with Crippen molar-refractivity contribution in [3.8, 4) is 0 Å². The van der Waals surface area contributed by atoms with Crippen LogP contribution in [0.1, 0.15) is 11.8 Å². The van der Waals surface area contributed by atoms with Gasteiger partial charge in [0.25, 0.3) is 0 Å². The Bertz CT molecular complexity index is 503. The fourth-order valence-corrected chi connectivity index (χ4v) is 1.87. The first-order chi connectivity index (χ1) is 8.45. The summed E-state index contributed by atoms with van der Waals surface area (Å²) >= 11 is 0. The van der Waals surface area contributed by atoms with Gasteiger partial charge in [-0.1, -0.05) is 0 Å². The second-order valence-electron chi connectivity index (χ2n) is 4.23. The Balaban J connectivity index is 2.39. The van der Waals surface area contributed by atoms with Crippen LogP contribution in [-0.4, -0.2) is 49.8 Å². The van der Waals surface area contributed by atoms with Crippen molar-refractivity contribution in [1.29, 1.82) is 0 Å². The number of aliphatic hydroxyl groups excluding tert-OH is 3. The van der Waals surface area contributed by atoms with Crippen LogP contribution in [0.3, 0.4) is 0 Å². The highest BCUT2D eigenvalue weighted by Crippen LogP contribution is 2.28. The van der Waals surface area contributed by atoms with Crippen molar-refractivity contribution < 1.29 is 20.1 Å². The van der Waals surface area contributed by atoms with Gasteiger partial charge in [-0.15, -0.1) is 0 Å². The first-order valence-electron chi connectivity index (χ1n) is 5.43. The molecule has 1 fully saturated rings. The second-order valence-corrected chi connectivity index (χ2v) is 4.23. The number of rotatable bonds is 2. The van der Waals surface area contributed by atoms with Gasteiger partial charge in [0.1, 0.15) is 24.1 Å². The zero-order valence-corrected chi connectivity index (χ0v) is 9.72. The Morgan fingerprint density at radius 2 is 2.17 bits per heavy atom. The number of ether oxygens (including phenoxy) is 1. The molecule has 8 nitrogen and oxygen atoms in total. The maximum absolute atomic E-state index is 11.7. The molecule has 2 rings (SSSR count). The van der Waals surface area contributed by atoms with Crippen LogP contribution in [0, 0.1) is 6.92 Å². The Morgan fingerprint density at radius 3 is 2.72 bits per heavy atom. The quantitative estimate of drug-likeness (QED) is 0.470. The van der Waals surface area contributed by atoms with Crippen LogP contribution in [-0.2, 0) is 4.74 Å². The van der Waals surface area contributed by atoms with Crippen LogP contribution >= 0.6 is 0 Å². The van der Waals surface area contributed by atoms with Gasteiger partial charge >= 0.3 is 5.69 Å². The summed E-state index contributed by atoms with van der Waals surface area (Å²) in [4.78, 5) is 15.2. The third-order valence-corrected chi connectivity index (χ3v) is 2.97. The molecule has 0 bridgehead atoms. The molecule has 1 saturated heterocycles. The highest BCUT2D eigenvalue weighted by Gasteiger charge is 2.43. The van der Waals surface area contributed by atoms with E-state index in [0.717, 1.165) is 4.57 Å². The number of hydrogen-bond acceptors (Lipinski definition) is 7. The third kappa shape index (κ3) is 1.99. The topological polar surface area (TPSA) is 131 Å². The summed E-state index contributed by atoms with van der Waals surface area (Å²) < 4.78 is 6.28. The predicted molar refractivity (Wildman–Crippen MR) is 60.7 cm³/mol. The lowest BCUT2D eigenvalue weighted by atomic mass is 10.1. The molecule has 0 amide bonds. The minimum absolute atomic E-state index is 0.1000. The zero-order chi connectivity index (χ0) is 13.4. The standard InChI is InChI=1S/C10H15N3O5/c1-4-2-13(10(17)12-8(4)11)9-7(16)6(15)5(3-14)18-9/h2,5-7,9,14-16H,3H2,1H3,(H2,11,12,17)/t5-,6-,7+,9?/m1/s1. The number of nitrogens with zero attached hydrogens (tertiary/aromatic N) is 2. The molecule has 18 heavy (non-hydrogen) atoms. The maximum atomic E-state index is 11.7. The smallest absolute Gasteiger partial charge is 0.351 e. The average molecular weight is 257 g/mol. The monoisotopic (exact) mass is 257 g/mol. The van der Waals surface area contributed by atoms with E-state index in [9.17, 15) is 15.0 Å². The van der Waals surface area contributed by atoms with E-state index in [2.05, 4.69) is 4.98 Å². The molecule has 2 heterocycles. The van der Waals surface area contributed by atoms with Gasteiger partial charge in [0.15, 0.2) is 6.23 Å². The number of nitrogen functional groups attached to an aromatic ring is 1. The molecule has 5 N–H and O–H groups in total. The summed E-state index contributed by atoms with van der Waals surface area (Å²) in [6.45, 7) is 1.20. The van der Waals surface area contributed by atoms with Crippen molar-refractivity contribution in [2.24, 2.45) is 0 Å². The van der Waals surface area contributed by atoms with Gasteiger partial charge in [0.2, 0.25) is 0 Å². The highest BCUT2D eigenvalue weighted by molar-refractivity contribution is 5.35. The van der Waals surface area contributed by atoms with Gasteiger partial charge in [0.05, 0.1) is 6.61 Å². The van der Waals surface area contributed by atoms with Crippen molar-refractivity contribution in [1.82, 2.24) is 9.55 Å². The van der Waals surface area contributed by atoms with Crippen molar-refractivity contribution in [3.05, 3.63) is 22.2 Å². The Kier molecular flexibility index (Phi) is 3.35. The van der Waals surface area contributed by atoms with Crippen molar-refractivity contribution >= 4 is 5.82 Å². The molecule has 0 radical (unpaired) electrons. The lowest BCUT2D eigenvalue weighted by molar-refractivity contribution is -0.0550. The normalized spacial score (nSPS) is 31.8. The summed E-state index contributed by atoms with van der Waals surface area (Å²) in [6.07, 6.45) is -3.20. The second kappa shape index (κ2) is 4.65. The van der Waals surface area contributed by atoms with Crippen LogP contribution in [0.4, 0.5) is 5.82 Å². The van der Waals surface area contributed by atoms with Gasteiger partial charge in [-0.05, 0) is 6.92 Å². The van der Waals surface area contributed by atoms with Gasteiger partial charge in [-0.2, -0.15) is 4.98 Å². The summed E-state index contributed by atoms with van der Waals surface area (Å²) in [6, 6.07) is 0. The summed E-state index contributed by atoms with van der Waals surface area (Å²) in [5.41, 5.74) is 5.35. The van der Waals surface area contributed by atoms with E-state index in [1.807, 2.05) is 0 Å². The fraction of sp³-hybridized carbons (Fsp3) is 0.600. The van der Waals surface area contributed by atoms with E-state index in [4.69, 9.17) is 15.6 Å². The molecule has 0 aliphatic carbocycles. The van der Waals surface area contributed by atoms with Crippen molar-refractivity contribution in [2.75, 3.05) is 12.3 Å². The minimum Gasteiger partial charge on any atom is -0.394 e. The fourth-order valence-electron chi connectivity index (χ4n) is 1.87. The van der Waals surface area contributed by atoms with E-state index >= 15 is 0 Å². The van der Waals surface area contributed by atoms with E-state index in [1.54, 1.807) is 6.92 Å². The lowest BCUT2D eigenvalue weighted by Crippen LogP contribution is -2.36. The maximum Gasteiger partial charge on any atom is 0.351 e. The number of aromatic nitrogens is 2. The molecular weight excluding hydrogens is 242 g/mol. The number of anilines is 1. The number of nitrogens with two attached hydrogens (primary N) is 1. The van der Waals surface area contributed by atoms with E-state index in [0.29, 0.717) is 5.56 Å². The number of aliphatic hydroxyl groups is 3. The van der Waals surface area contributed by atoms with Gasteiger partial charge in [-0.3, -0.25) is 4.57 Å². The summed E-state index contributed by atoms with van der Waals surface area (Å²) in [5, 5.41) is 28.4. The van der Waals surface area contributed by atoms with Crippen LogP contribution in [0.15, 0.2) is 11.0 Å². The molecular formula is C10H15N3O5. The first kappa shape index (κ1) is 13.0. The van der Waals surface area contributed by atoms with Crippen molar-refractivity contribution in [3.63, 3.8) is 0 Å². The van der Waals surface area contributed by atoms with Gasteiger partial charge < -0.3 is 25.8 Å². The molecule has 4 atom stereocenters. The number of hydrogen-bond donors (Lipinski definition) is 4. The van der Waals surface area contributed by atoms with E-state index in [-0.39, 0.29) is 5.82 Å². The van der Waals surface area contributed by atoms with Crippen LogP contribution in [0.5, 0.6) is 0 Å². The minimum atomic E-state index is -1.32. The van der Waals surface area contributed by atoms with Gasteiger partial charge in [-0.25, -0.2) is 4.79 Å². The molecule has 8 heteroatoms. The van der Waals surface area contributed by atoms with Crippen LogP contribution in [0.2, 0.25) is 0 Å². The summed E-state index contributed by atoms with van der Waals surface area (Å²) in [7, 11) is 0. The largest absolute Gasteiger partial charge is 0.394 e. The molecule has 1 aliphatic rings. The van der Waals surface area contributed by atoms with Crippen LogP contribution in [0.25, 0.3) is 0 Å². The molecule has 100 valence electrons. The zero-order valence-electron chi connectivity index (χ0n) is 9.72. The molecule has 0 spiro atoms. The molecule has 0 aromatic carbocycles. The number of aryl methyl sites for hydroxylation is 1. The average Bonchev–Trinajstić information content (AvgIpc) is 2.61. The Morgan fingerprint density at radius 1 is 1.50 bits per heavy atom. The SMILES string of the molecule is Cc1cn(C2O[C@H](CO)[C@@H](O)[C@@H]2O)c(=O)nc1N. The highest BCUT2D eigenvalue weighted by atomic mass is 16.6. The Labute approximate surface area is 102 Å². The summed E-state index contributed by atoms with van der Waals surface area (Å²) in [5.74, 6) is 0.1000. The molecule has 0 saturated carbocycles. The molecule has 1 aromatic rings. The lowest BCUT2D eigenvalue weighted by Gasteiger charge is -2.17. The first-order valence-corrected chi connectivity index (χ1v) is 5.43. The molecule has 1 aromatic heterocycles. The van der Waals surface area contributed by atoms with Crippen molar-refractivity contribution in [2.45, 2.75) is 31.5 Å². The predicted octanol–water partition coefficient (Wildman–Crippen LogP) is -2.25. The third-order valence-electron chi connectivity index (χ3n) is 2.97. The molecule has 1 aliphatic heterocycles. The van der Waals surface area contributed by atoms with Gasteiger partial charge in [0, 0.05) is 11.8 Å². The van der Waals surface area contributed by atoms with E-state index < -0.39 is 36.8 Å². The Hall–Kier alpha value is -1.48. The van der Waals surface area contributed by atoms with E-state index in [1.165, 1.54) is 6.20 Å².